The van der Waals surface area contributed by atoms with Gasteiger partial charge in [-0.1, -0.05) is 54.6 Å². The van der Waals surface area contributed by atoms with Crippen molar-refractivity contribution in [2.75, 3.05) is 7.11 Å². The van der Waals surface area contributed by atoms with Crippen LogP contribution in [0.3, 0.4) is 0 Å². The van der Waals surface area contributed by atoms with E-state index in [4.69, 9.17) is 4.74 Å². The van der Waals surface area contributed by atoms with E-state index in [1.807, 2.05) is 54.6 Å². The fraction of sp³-hybridized carbons (Fsp3) is 0.0526. The van der Waals surface area contributed by atoms with E-state index in [0.717, 1.165) is 21.9 Å². The number of methoxy groups -OCH3 is 1. The van der Waals surface area contributed by atoms with E-state index in [0.29, 0.717) is 11.1 Å². The highest BCUT2D eigenvalue weighted by atomic mass is 16.5. The largest absolute Gasteiger partial charge is 0.465 e. The molecular formula is C19H13NO2. The second-order valence-electron chi connectivity index (χ2n) is 4.86. The van der Waals surface area contributed by atoms with E-state index in [9.17, 15) is 10.1 Å². The molecule has 3 rings (SSSR count). The third kappa shape index (κ3) is 2.21. The topological polar surface area (TPSA) is 50.1 Å². The highest BCUT2D eigenvalue weighted by molar-refractivity contribution is 6.09. The Kier molecular flexibility index (Phi) is 3.59. The van der Waals surface area contributed by atoms with Crippen molar-refractivity contribution in [3.63, 3.8) is 0 Å². The van der Waals surface area contributed by atoms with Crippen LogP contribution in [0.2, 0.25) is 0 Å². The van der Waals surface area contributed by atoms with E-state index < -0.39 is 5.97 Å². The van der Waals surface area contributed by atoms with Gasteiger partial charge in [0.1, 0.15) is 6.07 Å². The molecule has 3 aromatic rings. The quantitative estimate of drug-likeness (QED) is 0.665. The van der Waals surface area contributed by atoms with Crippen LogP contribution < -0.4 is 0 Å². The summed E-state index contributed by atoms with van der Waals surface area (Å²) < 4.78 is 4.89. The first-order chi connectivity index (χ1) is 10.8. The summed E-state index contributed by atoms with van der Waals surface area (Å²) in [6.07, 6.45) is 0. The van der Waals surface area contributed by atoms with Crippen LogP contribution in [0, 0.1) is 11.3 Å². The number of rotatable bonds is 2. The standard InChI is InChI=1S/C19H13NO2/c1-22-19(21)17-11-16(13-7-3-2-4-8-13)18(12-20)15-10-6-5-9-14(15)17/h2-11H,1H3. The summed E-state index contributed by atoms with van der Waals surface area (Å²) >= 11 is 0. The van der Waals surface area contributed by atoms with Crippen LogP contribution in [0.1, 0.15) is 15.9 Å². The van der Waals surface area contributed by atoms with Gasteiger partial charge in [0.15, 0.2) is 0 Å². The second kappa shape index (κ2) is 5.71. The van der Waals surface area contributed by atoms with Crippen LogP contribution in [0.25, 0.3) is 21.9 Å². The molecule has 0 spiro atoms. The van der Waals surface area contributed by atoms with Crippen molar-refractivity contribution in [1.82, 2.24) is 0 Å². The minimum absolute atomic E-state index is 0.405. The Balaban J connectivity index is 2.43. The average Bonchev–Trinajstić information content (AvgIpc) is 2.60. The predicted molar refractivity (Wildman–Crippen MR) is 85.4 cm³/mol. The third-order valence-corrected chi connectivity index (χ3v) is 3.65. The Morgan fingerprint density at radius 3 is 2.27 bits per heavy atom. The first-order valence-electron chi connectivity index (χ1n) is 6.86. The lowest BCUT2D eigenvalue weighted by Crippen LogP contribution is -2.04. The maximum absolute atomic E-state index is 12.1. The minimum Gasteiger partial charge on any atom is -0.465 e. The molecule has 0 heterocycles. The number of hydrogen-bond acceptors (Lipinski definition) is 3. The molecule has 0 amide bonds. The first kappa shape index (κ1) is 13.8. The Morgan fingerprint density at radius 2 is 1.64 bits per heavy atom. The summed E-state index contributed by atoms with van der Waals surface area (Å²) in [5, 5.41) is 11.1. The van der Waals surface area contributed by atoms with Gasteiger partial charge in [-0.2, -0.15) is 5.26 Å². The lowest BCUT2D eigenvalue weighted by molar-refractivity contribution is 0.0603. The Hall–Kier alpha value is -3.12. The lowest BCUT2D eigenvalue weighted by atomic mass is 9.91. The van der Waals surface area contributed by atoms with E-state index in [1.165, 1.54) is 7.11 Å². The molecule has 3 aromatic carbocycles. The summed E-state index contributed by atoms with van der Waals surface area (Å²) in [4.78, 5) is 12.1. The molecule has 0 saturated carbocycles. The van der Waals surface area contributed by atoms with Gasteiger partial charge in [0.2, 0.25) is 0 Å². The minimum atomic E-state index is -0.405. The van der Waals surface area contributed by atoms with Gasteiger partial charge in [0, 0.05) is 10.9 Å². The van der Waals surface area contributed by atoms with Crippen molar-refractivity contribution in [2.45, 2.75) is 0 Å². The van der Waals surface area contributed by atoms with Gasteiger partial charge < -0.3 is 4.74 Å². The summed E-state index contributed by atoms with van der Waals surface area (Å²) in [5.74, 6) is -0.405. The van der Waals surface area contributed by atoms with Gasteiger partial charge in [-0.15, -0.1) is 0 Å². The van der Waals surface area contributed by atoms with Crippen LogP contribution in [0.5, 0.6) is 0 Å². The van der Waals surface area contributed by atoms with Crippen molar-refractivity contribution in [3.8, 4) is 17.2 Å². The van der Waals surface area contributed by atoms with Crippen molar-refractivity contribution in [3.05, 3.63) is 71.8 Å². The van der Waals surface area contributed by atoms with E-state index in [-0.39, 0.29) is 0 Å². The Bertz CT molecular complexity index is 892. The lowest BCUT2D eigenvalue weighted by Gasteiger charge is -2.12. The maximum atomic E-state index is 12.1. The van der Waals surface area contributed by atoms with Crippen molar-refractivity contribution >= 4 is 16.7 Å². The molecule has 0 aliphatic rings. The highest BCUT2D eigenvalue weighted by Gasteiger charge is 2.17. The van der Waals surface area contributed by atoms with Gasteiger partial charge in [0.05, 0.1) is 18.2 Å². The fourth-order valence-corrected chi connectivity index (χ4v) is 2.62. The van der Waals surface area contributed by atoms with Gasteiger partial charge >= 0.3 is 5.97 Å². The Morgan fingerprint density at radius 1 is 1.00 bits per heavy atom. The fourth-order valence-electron chi connectivity index (χ4n) is 2.62. The molecule has 0 fully saturated rings. The monoisotopic (exact) mass is 287 g/mol. The van der Waals surface area contributed by atoms with Gasteiger partial charge in [-0.3, -0.25) is 0 Å². The normalized spacial score (nSPS) is 10.2. The zero-order valence-electron chi connectivity index (χ0n) is 12.0. The predicted octanol–water partition coefficient (Wildman–Crippen LogP) is 4.17. The summed E-state index contributed by atoms with van der Waals surface area (Å²) in [6.45, 7) is 0. The van der Waals surface area contributed by atoms with Crippen molar-refractivity contribution < 1.29 is 9.53 Å². The summed E-state index contributed by atoms with van der Waals surface area (Å²) in [5.41, 5.74) is 2.67. The van der Waals surface area contributed by atoms with E-state index in [1.54, 1.807) is 6.07 Å². The highest BCUT2D eigenvalue weighted by Crippen LogP contribution is 2.32. The molecule has 0 radical (unpaired) electrons. The second-order valence-corrected chi connectivity index (χ2v) is 4.86. The molecule has 0 bridgehead atoms. The van der Waals surface area contributed by atoms with Gasteiger partial charge in [-0.25, -0.2) is 4.79 Å². The smallest absolute Gasteiger partial charge is 0.338 e. The van der Waals surface area contributed by atoms with Crippen molar-refractivity contribution in [2.24, 2.45) is 0 Å². The zero-order valence-corrected chi connectivity index (χ0v) is 12.0. The number of esters is 1. The average molecular weight is 287 g/mol. The molecule has 0 aromatic heterocycles. The third-order valence-electron chi connectivity index (χ3n) is 3.65. The molecule has 0 aliphatic heterocycles. The van der Waals surface area contributed by atoms with E-state index >= 15 is 0 Å². The molecule has 22 heavy (non-hydrogen) atoms. The number of fused-ring (bicyclic) bond motifs is 1. The number of carbonyl (C=O) groups is 1. The molecule has 0 aliphatic carbocycles. The Labute approximate surface area is 128 Å². The number of nitrogens with zero attached hydrogens (tertiary/aromatic N) is 1. The molecule has 3 nitrogen and oxygen atoms in total. The summed E-state index contributed by atoms with van der Waals surface area (Å²) in [7, 11) is 1.36. The molecular weight excluding hydrogens is 274 g/mol. The van der Waals surface area contributed by atoms with Crippen LogP contribution in [-0.2, 0) is 4.74 Å². The zero-order chi connectivity index (χ0) is 15.5. The van der Waals surface area contributed by atoms with Crippen molar-refractivity contribution in [1.29, 1.82) is 5.26 Å². The first-order valence-corrected chi connectivity index (χ1v) is 6.86. The van der Waals surface area contributed by atoms with Crippen LogP contribution in [0.4, 0.5) is 0 Å². The summed E-state index contributed by atoms with van der Waals surface area (Å²) in [6, 6.07) is 21.0. The number of ether oxygens (including phenoxy) is 1. The van der Waals surface area contributed by atoms with Gasteiger partial charge in [0.25, 0.3) is 0 Å². The number of nitriles is 1. The van der Waals surface area contributed by atoms with Crippen LogP contribution in [-0.4, -0.2) is 13.1 Å². The van der Waals surface area contributed by atoms with Gasteiger partial charge in [-0.05, 0) is 17.0 Å². The molecule has 106 valence electrons. The SMILES string of the molecule is COC(=O)c1cc(-c2ccccc2)c(C#N)c2ccccc12. The molecule has 0 saturated heterocycles. The number of hydrogen-bond donors (Lipinski definition) is 0. The molecule has 0 N–H and O–H groups in total. The molecule has 3 heteroatoms. The maximum Gasteiger partial charge on any atom is 0.338 e. The van der Waals surface area contributed by atoms with E-state index in [2.05, 4.69) is 6.07 Å². The molecule has 0 unspecified atom stereocenters. The molecule has 0 atom stereocenters. The number of carbonyl (C=O) groups excluding carboxylic acids is 1. The van der Waals surface area contributed by atoms with Crippen LogP contribution >= 0.6 is 0 Å². The number of benzene rings is 3. The van der Waals surface area contributed by atoms with Crippen LogP contribution in [0.15, 0.2) is 60.7 Å².